The summed E-state index contributed by atoms with van der Waals surface area (Å²) in [6.07, 6.45) is 1.57. The van der Waals surface area contributed by atoms with E-state index in [1.807, 2.05) is 20.8 Å². The van der Waals surface area contributed by atoms with Gasteiger partial charge >= 0.3 is 5.97 Å². The Morgan fingerprint density at radius 3 is 2.33 bits per heavy atom. The molecule has 0 saturated heterocycles. The number of aryl methyl sites for hydroxylation is 1. The number of carboxylic acids is 1. The van der Waals surface area contributed by atoms with E-state index in [0.717, 1.165) is 12.0 Å². The number of benzene rings is 1. The van der Waals surface area contributed by atoms with Crippen LogP contribution >= 0.6 is 0 Å². The van der Waals surface area contributed by atoms with Crippen molar-refractivity contribution in [3.8, 4) is 17.0 Å². The van der Waals surface area contributed by atoms with Gasteiger partial charge in [0, 0.05) is 11.1 Å². The van der Waals surface area contributed by atoms with Gasteiger partial charge in [0.05, 0.1) is 7.11 Å². The molecule has 0 aliphatic heterocycles. The van der Waals surface area contributed by atoms with E-state index in [-0.39, 0.29) is 34.9 Å². The van der Waals surface area contributed by atoms with Gasteiger partial charge in [-0.1, -0.05) is 33.8 Å². The van der Waals surface area contributed by atoms with E-state index in [9.17, 15) is 9.90 Å². The molecule has 1 unspecified atom stereocenters. The van der Waals surface area contributed by atoms with E-state index in [2.05, 4.69) is 4.98 Å². The summed E-state index contributed by atoms with van der Waals surface area (Å²) < 4.78 is 35.6. The molecule has 0 amide bonds. The normalized spacial score (nSPS) is 12.1. The lowest BCUT2D eigenvalue weighted by atomic mass is 9.89. The van der Waals surface area contributed by atoms with Gasteiger partial charge in [-0.25, -0.2) is 18.6 Å². The lowest BCUT2D eigenvalue weighted by molar-refractivity contribution is 0.0686. The summed E-state index contributed by atoms with van der Waals surface area (Å²) in [5, 5.41) is 9.45. The van der Waals surface area contributed by atoms with Crippen LogP contribution in [-0.4, -0.2) is 23.2 Å². The van der Waals surface area contributed by atoms with Crippen molar-refractivity contribution in [1.29, 1.82) is 0 Å². The Hall–Kier alpha value is -2.50. The van der Waals surface area contributed by atoms with E-state index >= 15 is 8.78 Å². The summed E-state index contributed by atoms with van der Waals surface area (Å²) in [4.78, 5) is 15.5. The molecule has 1 aromatic carbocycles. The maximum absolute atomic E-state index is 15.4. The Balaban J connectivity index is 2.86. The SMILES string of the molecule is CCc1ccc(-c2nc(C(=O)O)c(OC)c(CC)c2F)c(F)c1C(C)CC. The highest BCUT2D eigenvalue weighted by Crippen LogP contribution is 2.37. The number of aromatic carboxylic acids is 1. The number of carboxylic acid groups (broad SMARTS) is 1. The van der Waals surface area contributed by atoms with Gasteiger partial charge in [-0.15, -0.1) is 0 Å². The van der Waals surface area contributed by atoms with E-state index < -0.39 is 23.3 Å². The molecule has 146 valence electrons. The fourth-order valence-corrected chi connectivity index (χ4v) is 3.32. The monoisotopic (exact) mass is 377 g/mol. The number of ether oxygens (including phenoxy) is 1. The van der Waals surface area contributed by atoms with Gasteiger partial charge in [0.25, 0.3) is 0 Å². The molecule has 4 nitrogen and oxygen atoms in total. The predicted octanol–water partition coefficient (Wildman–Crippen LogP) is 5.37. The first kappa shape index (κ1) is 20.8. The molecule has 0 spiro atoms. The number of carbonyl (C=O) groups is 1. The molecule has 1 N–H and O–H groups in total. The van der Waals surface area contributed by atoms with Crippen LogP contribution in [0.3, 0.4) is 0 Å². The number of hydrogen-bond donors (Lipinski definition) is 1. The van der Waals surface area contributed by atoms with Gasteiger partial charge in [-0.05, 0) is 42.4 Å². The highest BCUT2D eigenvalue weighted by molar-refractivity contribution is 5.90. The van der Waals surface area contributed by atoms with Crippen molar-refractivity contribution in [2.45, 2.75) is 52.9 Å². The average molecular weight is 377 g/mol. The van der Waals surface area contributed by atoms with E-state index in [1.165, 1.54) is 13.2 Å². The minimum atomic E-state index is -1.35. The summed E-state index contributed by atoms with van der Waals surface area (Å²) in [5.41, 5.74) is 0.714. The Bertz CT molecular complexity index is 865. The van der Waals surface area contributed by atoms with Crippen molar-refractivity contribution in [2.75, 3.05) is 7.11 Å². The zero-order chi connectivity index (χ0) is 20.3. The third-order valence-electron chi connectivity index (χ3n) is 4.96. The van der Waals surface area contributed by atoms with Crippen molar-refractivity contribution >= 4 is 5.97 Å². The fourth-order valence-electron chi connectivity index (χ4n) is 3.32. The van der Waals surface area contributed by atoms with Crippen LogP contribution in [0, 0.1) is 11.6 Å². The number of hydrogen-bond acceptors (Lipinski definition) is 3. The van der Waals surface area contributed by atoms with Gasteiger partial charge in [0.1, 0.15) is 11.5 Å². The third-order valence-corrected chi connectivity index (χ3v) is 4.96. The number of rotatable bonds is 7. The summed E-state index contributed by atoms with van der Waals surface area (Å²) in [6, 6.07) is 3.24. The van der Waals surface area contributed by atoms with Crippen LogP contribution in [0.2, 0.25) is 0 Å². The Kier molecular flexibility index (Phi) is 6.52. The van der Waals surface area contributed by atoms with E-state index in [4.69, 9.17) is 4.74 Å². The standard InChI is InChI=1S/C21H25F2NO3/c1-6-11(4)15-12(7-2)9-10-14(16(15)22)18-17(23)13(8-3)20(27-5)19(24-18)21(25)26/h9-11H,6-8H2,1-5H3,(H,25,26). The van der Waals surface area contributed by atoms with Crippen LogP contribution in [-0.2, 0) is 12.8 Å². The third kappa shape index (κ3) is 3.66. The molecule has 1 heterocycles. The van der Waals surface area contributed by atoms with Gasteiger partial charge in [-0.2, -0.15) is 0 Å². The van der Waals surface area contributed by atoms with Crippen molar-refractivity contribution in [2.24, 2.45) is 0 Å². The van der Waals surface area contributed by atoms with Gasteiger partial charge in [0.2, 0.25) is 0 Å². The van der Waals surface area contributed by atoms with Gasteiger partial charge in [-0.3, -0.25) is 0 Å². The van der Waals surface area contributed by atoms with Crippen LogP contribution in [0.15, 0.2) is 12.1 Å². The maximum atomic E-state index is 15.4. The topological polar surface area (TPSA) is 59.4 Å². The second-order valence-corrected chi connectivity index (χ2v) is 6.46. The number of nitrogens with zero attached hydrogens (tertiary/aromatic N) is 1. The number of methoxy groups -OCH3 is 1. The highest BCUT2D eigenvalue weighted by Gasteiger charge is 2.27. The Morgan fingerprint density at radius 2 is 1.85 bits per heavy atom. The van der Waals surface area contributed by atoms with Crippen LogP contribution in [0.4, 0.5) is 8.78 Å². The molecule has 0 bridgehead atoms. The fraction of sp³-hybridized carbons (Fsp3) is 0.429. The van der Waals surface area contributed by atoms with Crippen LogP contribution in [0.5, 0.6) is 5.75 Å². The molecule has 27 heavy (non-hydrogen) atoms. The molecular weight excluding hydrogens is 352 g/mol. The second-order valence-electron chi connectivity index (χ2n) is 6.46. The first-order chi connectivity index (χ1) is 12.8. The predicted molar refractivity (Wildman–Crippen MR) is 101 cm³/mol. The quantitative estimate of drug-likeness (QED) is 0.704. The molecule has 2 aromatic rings. The van der Waals surface area contributed by atoms with Gasteiger partial charge < -0.3 is 9.84 Å². The minimum absolute atomic E-state index is 0.0279. The lowest BCUT2D eigenvalue weighted by Gasteiger charge is -2.19. The molecule has 2 rings (SSSR count). The minimum Gasteiger partial charge on any atom is -0.494 e. The summed E-state index contributed by atoms with van der Waals surface area (Å²) >= 11 is 0. The zero-order valence-electron chi connectivity index (χ0n) is 16.3. The molecular formula is C21H25F2NO3. The molecule has 0 radical (unpaired) electrons. The van der Waals surface area contributed by atoms with Crippen molar-refractivity contribution in [3.63, 3.8) is 0 Å². The summed E-state index contributed by atoms with van der Waals surface area (Å²) in [6.45, 7) is 7.49. The first-order valence-corrected chi connectivity index (χ1v) is 9.13. The van der Waals surface area contributed by atoms with Crippen LogP contribution in [0.1, 0.15) is 67.2 Å². The van der Waals surface area contributed by atoms with Crippen LogP contribution < -0.4 is 4.74 Å². The average Bonchev–Trinajstić information content (AvgIpc) is 2.66. The maximum Gasteiger partial charge on any atom is 0.358 e. The van der Waals surface area contributed by atoms with Crippen molar-refractivity contribution in [1.82, 2.24) is 4.98 Å². The summed E-state index contributed by atoms with van der Waals surface area (Å²) in [5.74, 6) is -2.82. The largest absolute Gasteiger partial charge is 0.494 e. The van der Waals surface area contributed by atoms with E-state index in [1.54, 1.807) is 13.0 Å². The van der Waals surface area contributed by atoms with Crippen LogP contribution in [0.25, 0.3) is 11.3 Å². The van der Waals surface area contributed by atoms with E-state index in [0.29, 0.717) is 12.0 Å². The first-order valence-electron chi connectivity index (χ1n) is 9.13. The summed E-state index contributed by atoms with van der Waals surface area (Å²) in [7, 11) is 1.26. The molecule has 1 atom stereocenters. The molecule has 0 fully saturated rings. The smallest absolute Gasteiger partial charge is 0.358 e. The lowest BCUT2D eigenvalue weighted by Crippen LogP contribution is -2.12. The number of pyridine rings is 1. The second kappa shape index (κ2) is 8.46. The molecule has 0 aliphatic carbocycles. The highest BCUT2D eigenvalue weighted by atomic mass is 19.1. The number of aromatic nitrogens is 1. The molecule has 1 aromatic heterocycles. The molecule has 6 heteroatoms. The van der Waals surface area contributed by atoms with Crippen molar-refractivity contribution in [3.05, 3.63) is 46.2 Å². The number of halogens is 2. The zero-order valence-corrected chi connectivity index (χ0v) is 16.3. The Labute approximate surface area is 158 Å². The van der Waals surface area contributed by atoms with Gasteiger partial charge in [0.15, 0.2) is 17.3 Å². The van der Waals surface area contributed by atoms with Crippen molar-refractivity contribution < 1.29 is 23.4 Å². The molecule has 0 saturated carbocycles. The molecule has 0 aliphatic rings. The Morgan fingerprint density at radius 1 is 1.19 bits per heavy atom.